The monoisotopic (exact) mass is 455 g/mol. The fourth-order valence-electron chi connectivity index (χ4n) is 4.43. The van der Waals surface area contributed by atoms with E-state index in [-0.39, 0.29) is 28.2 Å². The SMILES string of the molecule is Cc1ccc(C(C)(C)C)cc1/C(O)=C1\C(=O)C(=O)N(c2ccccc2O)C1c1ccccc1C. The molecule has 3 aromatic carbocycles. The minimum Gasteiger partial charge on any atom is -0.507 e. The fourth-order valence-corrected chi connectivity index (χ4v) is 4.43. The molecule has 5 nitrogen and oxygen atoms in total. The molecule has 0 aromatic heterocycles. The van der Waals surface area contributed by atoms with Crippen molar-refractivity contribution in [2.24, 2.45) is 0 Å². The summed E-state index contributed by atoms with van der Waals surface area (Å²) in [7, 11) is 0. The Hall–Kier alpha value is -3.86. The van der Waals surface area contributed by atoms with E-state index < -0.39 is 17.7 Å². The summed E-state index contributed by atoms with van der Waals surface area (Å²) in [5.41, 5.74) is 3.94. The van der Waals surface area contributed by atoms with Crippen molar-refractivity contribution in [1.82, 2.24) is 0 Å². The number of rotatable bonds is 3. The molecular formula is C29H29NO4. The Labute approximate surface area is 200 Å². The van der Waals surface area contributed by atoms with Crippen LogP contribution in [0, 0.1) is 13.8 Å². The maximum absolute atomic E-state index is 13.4. The molecule has 4 rings (SSSR count). The number of hydrogen-bond acceptors (Lipinski definition) is 4. The first kappa shape index (κ1) is 23.3. The third kappa shape index (κ3) is 3.87. The lowest BCUT2D eigenvalue weighted by molar-refractivity contribution is -0.132. The average Bonchev–Trinajstić information content (AvgIpc) is 3.04. The second kappa shape index (κ2) is 8.49. The van der Waals surface area contributed by atoms with Gasteiger partial charge < -0.3 is 10.2 Å². The summed E-state index contributed by atoms with van der Waals surface area (Å²) in [6.45, 7) is 9.99. The summed E-state index contributed by atoms with van der Waals surface area (Å²) in [4.78, 5) is 28.0. The predicted molar refractivity (Wildman–Crippen MR) is 134 cm³/mol. The normalized spacial score (nSPS) is 17.9. The maximum Gasteiger partial charge on any atom is 0.300 e. The Morgan fingerprint density at radius 1 is 0.882 bits per heavy atom. The van der Waals surface area contributed by atoms with Gasteiger partial charge in [0.05, 0.1) is 17.3 Å². The second-order valence-electron chi connectivity index (χ2n) is 9.79. The van der Waals surface area contributed by atoms with Crippen molar-refractivity contribution in [3.63, 3.8) is 0 Å². The quantitative estimate of drug-likeness (QED) is 0.291. The molecule has 0 saturated carbocycles. The van der Waals surface area contributed by atoms with E-state index in [4.69, 9.17) is 0 Å². The zero-order valence-corrected chi connectivity index (χ0v) is 20.1. The van der Waals surface area contributed by atoms with Crippen LogP contribution in [0.3, 0.4) is 0 Å². The minimum atomic E-state index is -0.882. The first-order chi connectivity index (χ1) is 16.0. The molecule has 3 aromatic rings. The number of aliphatic hydroxyl groups excluding tert-OH is 1. The van der Waals surface area contributed by atoms with Gasteiger partial charge >= 0.3 is 0 Å². The number of para-hydroxylation sites is 2. The Morgan fingerprint density at radius 3 is 2.18 bits per heavy atom. The lowest BCUT2D eigenvalue weighted by atomic mass is 9.84. The Balaban J connectivity index is 2.02. The number of phenols is 1. The summed E-state index contributed by atoms with van der Waals surface area (Å²) in [6.07, 6.45) is 0. The summed E-state index contributed by atoms with van der Waals surface area (Å²) in [5.74, 6) is -1.91. The van der Waals surface area contributed by atoms with Crippen LogP contribution in [0.25, 0.3) is 5.76 Å². The van der Waals surface area contributed by atoms with E-state index in [1.54, 1.807) is 18.2 Å². The fraction of sp³-hybridized carbons (Fsp3) is 0.241. The van der Waals surface area contributed by atoms with Crippen LogP contribution in [0.15, 0.2) is 72.3 Å². The zero-order chi connectivity index (χ0) is 24.8. The summed E-state index contributed by atoms with van der Waals surface area (Å²) in [6, 6.07) is 18.8. The molecule has 1 aliphatic heterocycles. The van der Waals surface area contributed by atoms with Crippen LogP contribution in [0.4, 0.5) is 5.69 Å². The third-order valence-electron chi connectivity index (χ3n) is 6.43. The predicted octanol–water partition coefficient (Wildman–Crippen LogP) is 5.93. The van der Waals surface area contributed by atoms with Gasteiger partial charge in [-0.25, -0.2) is 0 Å². The molecule has 34 heavy (non-hydrogen) atoms. The van der Waals surface area contributed by atoms with Crippen LogP contribution in [0.5, 0.6) is 5.75 Å². The molecule has 1 aliphatic rings. The second-order valence-corrected chi connectivity index (χ2v) is 9.79. The number of hydrogen-bond donors (Lipinski definition) is 2. The Kier molecular flexibility index (Phi) is 5.82. The molecule has 0 radical (unpaired) electrons. The van der Waals surface area contributed by atoms with E-state index in [0.717, 1.165) is 16.7 Å². The molecule has 0 aliphatic carbocycles. The van der Waals surface area contributed by atoms with Crippen molar-refractivity contribution < 1.29 is 19.8 Å². The van der Waals surface area contributed by atoms with Crippen molar-refractivity contribution >= 4 is 23.1 Å². The van der Waals surface area contributed by atoms with Crippen molar-refractivity contribution in [3.05, 3.63) is 100 Å². The molecule has 1 fully saturated rings. The first-order valence-electron chi connectivity index (χ1n) is 11.3. The first-order valence-corrected chi connectivity index (χ1v) is 11.3. The van der Waals surface area contributed by atoms with Crippen molar-refractivity contribution in [2.45, 2.75) is 46.1 Å². The zero-order valence-electron chi connectivity index (χ0n) is 20.1. The van der Waals surface area contributed by atoms with Gasteiger partial charge in [0.2, 0.25) is 0 Å². The van der Waals surface area contributed by atoms with Crippen LogP contribution in [-0.2, 0) is 15.0 Å². The van der Waals surface area contributed by atoms with Gasteiger partial charge in [-0.15, -0.1) is 0 Å². The number of phenolic OH excluding ortho intramolecular Hbond substituents is 1. The summed E-state index contributed by atoms with van der Waals surface area (Å²) >= 11 is 0. The van der Waals surface area contributed by atoms with Crippen molar-refractivity contribution in [2.75, 3.05) is 4.90 Å². The van der Waals surface area contributed by atoms with Crippen LogP contribution >= 0.6 is 0 Å². The largest absolute Gasteiger partial charge is 0.507 e. The van der Waals surface area contributed by atoms with E-state index in [1.807, 2.05) is 56.3 Å². The Morgan fingerprint density at radius 2 is 1.53 bits per heavy atom. The number of aromatic hydroxyl groups is 1. The summed E-state index contributed by atoms with van der Waals surface area (Å²) in [5, 5.41) is 22.1. The van der Waals surface area contributed by atoms with Crippen LogP contribution in [0.1, 0.15) is 54.6 Å². The molecular weight excluding hydrogens is 426 g/mol. The van der Waals surface area contributed by atoms with E-state index in [1.165, 1.54) is 11.0 Å². The van der Waals surface area contributed by atoms with Crippen LogP contribution < -0.4 is 4.90 Å². The molecule has 174 valence electrons. The Bertz CT molecular complexity index is 1330. The smallest absolute Gasteiger partial charge is 0.300 e. The van der Waals surface area contributed by atoms with Crippen LogP contribution in [-0.4, -0.2) is 21.9 Å². The number of Topliss-reactive ketones (excluding diaryl/α,β-unsaturated/α-hetero) is 1. The molecule has 1 amide bonds. The van der Waals surface area contributed by atoms with Crippen LogP contribution in [0.2, 0.25) is 0 Å². The molecule has 0 bridgehead atoms. The maximum atomic E-state index is 13.4. The van der Waals surface area contributed by atoms with Gasteiger partial charge in [-0.05, 0) is 59.7 Å². The average molecular weight is 456 g/mol. The van der Waals surface area contributed by atoms with Crippen molar-refractivity contribution in [3.8, 4) is 5.75 Å². The standard InChI is InChI=1S/C29H29NO4/c1-17-10-6-7-11-20(17)25-24(26(32)21-16-19(29(3,4)5)15-14-18(21)2)27(33)28(34)30(25)22-12-8-9-13-23(22)31/h6-16,25,31-32H,1-5H3/b26-24+. The number of nitrogens with zero attached hydrogens (tertiary/aromatic N) is 1. The van der Waals surface area contributed by atoms with E-state index in [9.17, 15) is 19.8 Å². The highest BCUT2D eigenvalue weighted by atomic mass is 16.3. The molecule has 1 saturated heterocycles. The number of ketones is 1. The number of carbonyl (C=O) groups excluding carboxylic acids is 2. The van der Waals surface area contributed by atoms with Crippen molar-refractivity contribution in [1.29, 1.82) is 0 Å². The highest BCUT2D eigenvalue weighted by Gasteiger charge is 2.48. The van der Waals surface area contributed by atoms with E-state index >= 15 is 0 Å². The van der Waals surface area contributed by atoms with E-state index in [0.29, 0.717) is 11.1 Å². The third-order valence-corrected chi connectivity index (χ3v) is 6.43. The van der Waals surface area contributed by atoms with Gasteiger partial charge in [0.15, 0.2) is 0 Å². The number of aliphatic hydroxyl groups is 1. The molecule has 1 unspecified atom stereocenters. The summed E-state index contributed by atoms with van der Waals surface area (Å²) < 4.78 is 0. The highest BCUT2D eigenvalue weighted by molar-refractivity contribution is 6.52. The topological polar surface area (TPSA) is 77.8 Å². The highest BCUT2D eigenvalue weighted by Crippen LogP contribution is 2.45. The lowest BCUT2D eigenvalue weighted by Crippen LogP contribution is -2.29. The van der Waals surface area contributed by atoms with Gasteiger partial charge in [-0.3, -0.25) is 14.5 Å². The minimum absolute atomic E-state index is 0.0108. The lowest BCUT2D eigenvalue weighted by Gasteiger charge is -2.27. The molecule has 1 atom stereocenters. The van der Waals surface area contributed by atoms with Gasteiger partial charge in [-0.1, -0.05) is 69.3 Å². The number of benzene rings is 3. The van der Waals surface area contributed by atoms with Gasteiger partial charge in [-0.2, -0.15) is 0 Å². The number of aryl methyl sites for hydroxylation is 2. The molecule has 2 N–H and O–H groups in total. The van der Waals surface area contributed by atoms with Gasteiger partial charge in [0, 0.05) is 5.56 Å². The van der Waals surface area contributed by atoms with Gasteiger partial charge in [0.1, 0.15) is 11.5 Å². The van der Waals surface area contributed by atoms with Gasteiger partial charge in [0.25, 0.3) is 11.7 Å². The van der Waals surface area contributed by atoms with E-state index in [2.05, 4.69) is 20.8 Å². The number of anilines is 1. The molecule has 1 heterocycles. The molecule has 0 spiro atoms. The molecule has 5 heteroatoms. The number of carbonyl (C=O) groups is 2. The number of amides is 1.